The molecule has 2 aromatic carbocycles. The highest BCUT2D eigenvalue weighted by atomic mass is 16.5. The number of ether oxygens (including phenoxy) is 2. The number of urea groups is 1. The molecule has 0 saturated carbocycles. The van der Waals surface area contributed by atoms with Crippen LogP contribution in [0.4, 0.5) is 4.79 Å². The Balaban J connectivity index is 1.99. The highest BCUT2D eigenvalue weighted by Gasteiger charge is 2.35. The van der Waals surface area contributed by atoms with Crippen molar-refractivity contribution in [2.75, 3.05) is 34.4 Å². The summed E-state index contributed by atoms with van der Waals surface area (Å²) in [5, 5.41) is 4.77. The second-order valence-corrected chi connectivity index (χ2v) is 6.71. The Morgan fingerprint density at radius 3 is 2.43 bits per heavy atom. The molecule has 148 valence electrons. The van der Waals surface area contributed by atoms with Gasteiger partial charge in [0.2, 0.25) is 0 Å². The Bertz CT molecular complexity index is 854. The number of methoxy groups -OCH3 is 2. The number of nitrogens with one attached hydrogen (secondary N) is 3. The van der Waals surface area contributed by atoms with E-state index >= 15 is 0 Å². The van der Waals surface area contributed by atoms with Crippen molar-refractivity contribution in [3.05, 3.63) is 59.2 Å². The van der Waals surface area contributed by atoms with E-state index in [1.165, 1.54) is 12.6 Å². The van der Waals surface area contributed by atoms with E-state index in [1.807, 2.05) is 30.3 Å². The Morgan fingerprint density at radius 2 is 1.79 bits per heavy atom. The summed E-state index contributed by atoms with van der Waals surface area (Å²) in [5.41, 5.74) is 3.40. The van der Waals surface area contributed by atoms with Crippen molar-refractivity contribution in [1.82, 2.24) is 10.6 Å². The first-order valence-electron chi connectivity index (χ1n) is 9.23. The predicted molar refractivity (Wildman–Crippen MR) is 105 cm³/mol. The fourth-order valence-corrected chi connectivity index (χ4v) is 3.77. The summed E-state index contributed by atoms with van der Waals surface area (Å²) in [5.74, 6) is 1.06. The van der Waals surface area contributed by atoms with Crippen LogP contribution in [0, 0.1) is 0 Å². The van der Waals surface area contributed by atoms with Gasteiger partial charge in [0.25, 0.3) is 5.91 Å². The molecule has 0 saturated heterocycles. The van der Waals surface area contributed by atoms with Gasteiger partial charge in [0, 0.05) is 24.6 Å². The molecule has 28 heavy (non-hydrogen) atoms. The van der Waals surface area contributed by atoms with E-state index in [-0.39, 0.29) is 18.5 Å². The normalized spacial score (nSPS) is 18.0. The smallest absolute Gasteiger partial charge is 0.321 e. The topological polar surface area (TPSA) is 81.1 Å². The van der Waals surface area contributed by atoms with E-state index in [4.69, 9.17) is 9.47 Å². The molecule has 0 aliphatic carbocycles. The fourth-order valence-electron chi connectivity index (χ4n) is 3.77. The van der Waals surface area contributed by atoms with Crippen LogP contribution in [0.1, 0.15) is 22.7 Å². The van der Waals surface area contributed by atoms with Crippen molar-refractivity contribution in [2.24, 2.45) is 0 Å². The van der Waals surface area contributed by atoms with Crippen LogP contribution in [-0.4, -0.2) is 46.3 Å². The van der Waals surface area contributed by atoms with Gasteiger partial charge in [-0.1, -0.05) is 30.3 Å². The Morgan fingerprint density at radius 1 is 1.11 bits per heavy atom. The van der Waals surface area contributed by atoms with Crippen LogP contribution in [-0.2, 0) is 11.2 Å². The van der Waals surface area contributed by atoms with Gasteiger partial charge >= 0.3 is 6.03 Å². The predicted octanol–water partition coefficient (Wildman–Crippen LogP) is 0.690. The molecular weight excluding hydrogens is 358 g/mol. The number of carbonyl (C=O) groups is 2. The molecule has 3 rings (SSSR count). The van der Waals surface area contributed by atoms with Crippen LogP contribution in [0.2, 0.25) is 0 Å². The molecule has 1 unspecified atom stereocenters. The zero-order chi connectivity index (χ0) is 20.1. The van der Waals surface area contributed by atoms with Gasteiger partial charge in [-0.15, -0.1) is 0 Å². The van der Waals surface area contributed by atoms with Crippen LogP contribution in [0.15, 0.2) is 42.5 Å². The quantitative estimate of drug-likeness (QED) is 0.709. The summed E-state index contributed by atoms with van der Waals surface area (Å²) in [6.07, 6.45) is 0.807. The van der Waals surface area contributed by atoms with Crippen LogP contribution < -0.4 is 25.0 Å². The van der Waals surface area contributed by atoms with Crippen LogP contribution in [0.3, 0.4) is 0 Å². The molecule has 7 nitrogen and oxygen atoms in total. The summed E-state index contributed by atoms with van der Waals surface area (Å²) in [4.78, 5) is 24.9. The minimum absolute atomic E-state index is 0.0415. The summed E-state index contributed by atoms with van der Waals surface area (Å²) < 4.78 is 11.0. The van der Waals surface area contributed by atoms with Gasteiger partial charge in [-0.2, -0.15) is 0 Å². The molecule has 1 aliphatic rings. The van der Waals surface area contributed by atoms with Gasteiger partial charge < -0.3 is 19.7 Å². The lowest BCUT2D eigenvalue weighted by atomic mass is 9.87. The Hall–Kier alpha value is -3.06. The molecule has 2 atom stereocenters. The Labute approximate surface area is 164 Å². The zero-order valence-corrected chi connectivity index (χ0v) is 16.4. The number of amides is 3. The standard InChI is InChI=1S/C21H25N3O4/c1-22-21(26)23-19(25)13-24-10-9-15-11-17(27-2)18(28-3)12-16(15)20(24)14-7-5-4-6-8-14/h4-8,11-12,20H,9-10,13H2,1-3H3,(H2,22,23,25,26)/p+1/t20-/m1/s1. The first-order chi connectivity index (χ1) is 13.6. The SMILES string of the molecule is CNC(=O)NC(=O)C[NH+]1CCc2cc(OC)c(OC)cc2[C@H]1c1ccccc1. The summed E-state index contributed by atoms with van der Waals surface area (Å²) in [6.45, 7) is 0.962. The third kappa shape index (κ3) is 4.09. The molecule has 3 amide bonds. The number of rotatable bonds is 5. The summed E-state index contributed by atoms with van der Waals surface area (Å²) in [7, 11) is 4.73. The summed E-state index contributed by atoms with van der Waals surface area (Å²) in [6, 6.07) is 13.6. The second kappa shape index (κ2) is 8.75. The van der Waals surface area contributed by atoms with Crippen LogP contribution in [0.25, 0.3) is 0 Å². The first-order valence-corrected chi connectivity index (χ1v) is 9.23. The number of hydrogen-bond donors (Lipinski definition) is 3. The molecule has 1 aliphatic heterocycles. The molecule has 0 bridgehead atoms. The second-order valence-electron chi connectivity index (χ2n) is 6.71. The van der Waals surface area contributed by atoms with E-state index in [2.05, 4.69) is 22.8 Å². The first kappa shape index (κ1) is 19.7. The third-order valence-corrected chi connectivity index (χ3v) is 5.08. The lowest BCUT2D eigenvalue weighted by Gasteiger charge is -2.34. The zero-order valence-electron chi connectivity index (χ0n) is 16.4. The average Bonchev–Trinajstić information content (AvgIpc) is 2.72. The highest BCUT2D eigenvalue weighted by Crippen LogP contribution is 2.35. The molecule has 7 heteroatoms. The van der Waals surface area contributed by atoms with Crippen molar-refractivity contribution in [3.8, 4) is 11.5 Å². The van der Waals surface area contributed by atoms with Gasteiger partial charge in [-0.25, -0.2) is 4.79 Å². The number of hydrogen-bond acceptors (Lipinski definition) is 4. The van der Waals surface area contributed by atoms with Crippen molar-refractivity contribution in [1.29, 1.82) is 0 Å². The van der Waals surface area contributed by atoms with Crippen molar-refractivity contribution in [2.45, 2.75) is 12.5 Å². The molecule has 0 radical (unpaired) electrons. The van der Waals surface area contributed by atoms with Crippen LogP contribution in [0.5, 0.6) is 11.5 Å². The van der Waals surface area contributed by atoms with Gasteiger partial charge in [-0.05, 0) is 17.7 Å². The van der Waals surface area contributed by atoms with Gasteiger partial charge in [0.05, 0.1) is 20.8 Å². The largest absolute Gasteiger partial charge is 0.493 e. The van der Waals surface area contributed by atoms with Crippen molar-refractivity contribution >= 4 is 11.9 Å². The maximum absolute atomic E-state index is 12.4. The van der Waals surface area contributed by atoms with Gasteiger partial charge in [0.15, 0.2) is 18.0 Å². The van der Waals surface area contributed by atoms with E-state index in [1.54, 1.807) is 14.2 Å². The van der Waals surface area contributed by atoms with E-state index in [0.29, 0.717) is 11.5 Å². The molecule has 0 spiro atoms. The van der Waals surface area contributed by atoms with Crippen LogP contribution >= 0.6 is 0 Å². The molecule has 2 aromatic rings. The number of fused-ring (bicyclic) bond motifs is 1. The number of carbonyl (C=O) groups excluding carboxylic acids is 2. The number of benzene rings is 2. The van der Waals surface area contributed by atoms with Crippen molar-refractivity contribution in [3.63, 3.8) is 0 Å². The number of quaternary nitrogens is 1. The van der Waals surface area contributed by atoms with Gasteiger partial charge in [0.1, 0.15) is 6.04 Å². The molecule has 3 N–H and O–H groups in total. The molecule has 0 fully saturated rings. The summed E-state index contributed by atoms with van der Waals surface area (Å²) >= 11 is 0. The maximum Gasteiger partial charge on any atom is 0.321 e. The minimum atomic E-state index is -0.496. The highest BCUT2D eigenvalue weighted by molar-refractivity contribution is 5.94. The molecular formula is C21H26N3O4+. The van der Waals surface area contributed by atoms with E-state index in [9.17, 15) is 9.59 Å². The molecule has 0 aromatic heterocycles. The van der Waals surface area contributed by atoms with Crippen molar-refractivity contribution < 1.29 is 24.0 Å². The lowest BCUT2D eigenvalue weighted by molar-refractivity contribution is -0.920. The number of imide groups is 1. The van der Waals surface area contributed by atoms with E-state index in [0.717, 1.165) is 29.0 Å². The maximum atomic E-state index is 12.4. The molecule has 1 heterocycles. The fraction of sp³-hybridized carbons (Fsp3) is 0.333. The Kier molecular flexibility index (Phi) is 6.16. The van der Waals surface area contributed by atoms with Gasteiger partial charge in [-0.3, -0.25) is 10.1 Å². The monoisotopic (exact) mass is 384 g/mol. The lowest BCUT2D eigenvalue weighted by Crippen LogP contribution is -3.14. The minimum Gasteiger partial charge on any atom is -0.493 e. The third-order valence-electron chi connectivity index (χ3n) is 5.08. The van der Waals surface area contributed by atoms with E-state index < -0.39 is 6.03 Å². The average molecular weight is 384 g/mol.